The van der Waals surface area contributed by atoms with E-state index in [0.29, 0.717) is 0 Å². The highest BCUT2D eigenvalue weighted by Gasteiger charge is 2.29. The van der Waals surface area contributed by atoms with Gasteiger partial charge in [-0.15, -0.1) is 0 Å². The van der Waals surface area contributed by atoms with Gasteiger partial charge in [0.25, 0.3) is 0 Å². The van der Waals surface area contributed by atoms with Gasteiger partial charge in [0.15, 0.2) is 6.29 Å². The number of aliphatic hydroxyl groups excluding tert-OH is 5. The summed E-state index contributed by atoms with van der Waals surface area (Å²) in [7, 11) is -4.61. The Balaban J connectivity index is 0. The van der Waals surface area contributed by atoms with Gasteiger partial charge in [0.05, 0.1) is 6.61 Å². The van der Waals surface area contributed by atoms with Gasteiger partial charge in [-0.1, -0.05) is 4.33 Å². The second-order valence-corrected chi connectivity index (χ2v) is 3.86. The van der Waals surface area contributed by atoms with Gasteiger partial charge >= 0.3 is 10.4 Å². The lowest BCUT2D eigenvalue weighted by molar-refractivity contribution is -0.139. The maximum atomic E-state index is 9.90. The Morgan fingerprint density at radius 3 is 1.72 bits per heavy atom. The number of aliphatic hydroxyl groups is 5. The highest BCUT2D eigenvalue weighted by molar-refractivity contribution is 7.80. The van der Waals surface area contributed by atoms with Crippen LogP contribution in [0.4, 0.5) is 0 Å². The summed E-state index contributed by atoms with van der Waals surface area (Å²) < 4.78 is 28.0. The molecule has 18 heavy (non-hydrogen) atoms. The molecule has 4 unspecified atom stereocenters. The maximum Gasteiger partial charge on any atom is 0.423 e. The molecule has 11 nitrogen and oxygen atoms in total. The van der Waals surface area contributed by atoms with Crippen molar-refractivity contribution < 1.29 is 52.9 Å². The molecule has 0 spiro atoms. The van der Waals surface area contributed by atoms with E-state index >= 15 is 0 Å². The van der Waals surface area contributed by atoms with Crippen LogP contribution in [0.1, 0.15) is 0 Å². The Kier molecular flexibility index (Phi) is 10.1. The van der Waals surface area contributed by atoms with E-state index in [1.165, 1.54) is 0 Å². The van der Waals surface area contributed by atoms with Crippen molar-refractivity contribution >= 4 is 16.7 Å². The van der Waals surface area contributed by atoms with Crippen molar-refractivity contribution in [2.24, 2.45) is 0 Å². The Hall–Kier alpha value is -0.700. The van der Waals surface area contributed by atoms with Crippen LogP contribution in [0.5, 0.6) is 0 Å². The van der Waals surface area contributed by atoms with Crippen molar-refractivity contribution in [1.82, 2.24) is 0 Å². The van der Waals surface area contributed by atoms with Crippen molar-refractivity contribution in [2.75, 3.05) is 6.61 Å². The number of carbonyl (C=O) groups excluding carboxylic acids is 1. The summed E-state index contributed by atoms with van der Waals surface area (Å²) in [4.78, 5) is 9.90. The van der Waals surface area contributed by atoms with Gasteiger partial charge in [0, 0.05) is 0 Å². The molecule has 0 saturated carbocycles. The molecule has 0 bridgehead atoms. The third-order valence-electron chi connectivity index (χ3n) is 1.51. The first kappa shape index (κ1) is 19.6. The van der Waals surface area contributed by atoms with E-state index in [4.69, 9.17) is 43.8 Å². The fourth-order valence-corrected chi connectivity index (χ4v) is 0.618. The summed E-state index contributed by atoms with van der Waals surface area (Å²) in [6.45, 7) is -0.760. The normalized spacial score (nSPS) is 17.9. The molecule has 0 aromatic heterocycles. The van der Waals surface area contributed by atoms with E-state index in [1.807, 2.05) is 0 Å². The minimum absolute atomic E-state index is 0.0258. The zero-order valence-corrected chi connectivity index (χ0v) is 9.58. The fourth-order valence-electron chi connectivity index (χ4n) is 0.618. The molecule has 0 aliphatic heterocycles. The van der Waals surface area contributed by atoms with E-state index in [9.17, 15) is 4.79 Å². The molecule has 0 rings (SSSR count). The number of hydrogen-bond donors (Lipinski definition) is 7. The van der Waals surface area contributed by atoms with E-state index in [2.05, 4.69) is 4.33 Å². The summed E-state index contributed by atoms with van der Waals surface area (Å²) in [5.41, 5.74) is 0. The van der Waals surface area contributed by atoms with Crippen LogP contribution in [0.2, 0.25) is 0 Å². The number of carbonyl (C=O) groups is 1. The van der Waals surface area contributed by atoms with Gasteiger partial charge in [-0.2, -0.15) is 8.42 Å². The number of aldehydes is 1. The Morgan fingerprint density at radius 1 is 1.11 bits per heavy atom. The van der Waals surface area contributed by atoms with Crippen LogP contribution in [0.15, 0.2) is 0 Å². The van der Waals surface area contributed by atoms with E-state index < -0.39 is 41.4 Å². The lowest BCUT2D eigenvalue weighted by Crippen LogP contribution is -2.46. The molecular formula is C6H14O11S. The molecule has 0 fully saturated rings. The van der Waals surface area contributed by atoms with Crippen LogP contribution >= 0.6 is 0 Å². The van der Waals surface area contributed by atoms with Crippen LogP contribution in [0.25, 0.3) is 0 Å². The third kappa shape index (κ3) is 9.34. The average Bonchev–Trinajstić information content (AvgIpc) is 2.34. The van der Waals surface area contributed by atoms with Crippen LogP contribution in [0.3, 0.4) is 0 Å². The quantitative estimate of drug-likeness (QED) is 0.108. The molecule has 110 valence electrons. The smallest absolute Gasteiger partial charge is 0.394 e. The highest BCUT2D eigenvalue weighted by atomic mass is 32.3. The van der Waals surface area contributed by atoms with Crippen molar-refractivity contribution in [3.63, 3.8) is 0 Å². The minimum atomic E-state index is -4.61. The monoisotopic (exact) mass is 294 g/mol. The largest absolute Gasteiger partial charge is 0.423 e. The fraction of sp³-hybridized carbons (Fsp3) is 0.833. The summed E-state index contributed by atoms with van der Waals surface area (Å²) >= 11 is 0. The Labute approximate surface area is 101 Å². The molecule has 4 atom stereocenters. The first-order valence-electron chi connectivity index (χ1n) is 4.19. The first-order chi connectivity index (χ1) is 8.10. The molecule has 0 saturated heterocycles. The van der Waals surface area contributed by atoms with Crippen molar-refractivity contribution in [3.8, 4) is 0 Å². The van der Waals surface area contributed by atoms with Crippen LogP contribution < -0.4 is 0 Å². The maximum absolute atomic E-state index is 9.90. The molecule has 7 N–H and O–H groups in total. The lowest BCUT2D eigenvalue weighted by atomic mass is 10.0. The first-order valence-corrected chi connectivity index (χ1v) is 5.56. The number of hydrogen-bond acceptors (Lipinski definition) is 10. The summed E-state index contributed by atoms with van der Waals surface area (Å²) in [6.07, 6.45) is -6.84. The standard InChI is InChI=1S/C6H12O6.H2O5S/c7-1-3(9)5(11)6(12)4(10)2-8;1-5-6(2,3)4/h1,3-6,8-12H,2H2;1H,(H,2,3,4). The average molecular weight is 294 g/mol. The molecule has 0 aliphatic carbocycles. The molecule has 0 radical (unpaired) electrons. The number of rotatable bonds is 6. The molecule has 0 heterocycles. The summed E-state index contributed by atoms with van der Waals surface area (Å²) in [5.74, 6) is 0. The molecule has 0 aliphatic rings. The van der Waals surface area contributed by atoms with E-state index in [0.717, 1.165) is 0 Å². The lowest BCUT2D eigenvalue weighted by Gasteiger charge is -2.22. The van der Waals surface area contributed by atoms with Crippen molar-refractivity contribution in [3.05, 3.63) is 0 Å². The molecular weight excluding hydrogens is 280 g/mol. The van der Waals surface area contributed by atoms with E-state index in [1.54, 1.807) is 0 Å². The highest BCUT2D eigenvalue weighted by Crippen LogP contribution is 2.02. The predicted octanol–water partition coefficient (Wildman–Crippen LogP) is -4.10. The van der Waals surface area contributed by atoms with Crippen molar-refractivity contribution in [2.45, 2.75) is 24.4 Å². The SMILES string of the molecule is O=CC(O)C(O)C(O)C(O)CO.O=S(=O)(O)OO. The van der Waals surface area contributed by atoms with Gasteiger partial charge in [-0.25, -0.2) is 5.26 Å². The zero-order chi connectivity index (χ0) is 14.9. The van der Waals surface area contributed by atoms with Crippen LogP contribution in [-0.2, 0) is 19.5 Å². The Bertz CT molecular complexity index is 313. The summed E-state index contributed by atoms with van der Waals surface area (Å²) in [5, 5.41) is 50.6. The van der Waals surface area contributed by atoms with Gasteiger partial charge < -0.3 is 30.3 Å². The molecule has 12 heteroatoms. The predicted molar refractivity (Wildman–Crippen MR) is 52.4 cm³/mol. The van der Waals surface area contributed by atoms with Crippen molar-refractivity contribution in [1.29, 1.82) is 0 Å². The molecule has 0 amide bonds. The van der Waals surface area contributed by atoms with Gasteiger partial charge in [0.2, 0.25) is 0 Å². The topological polar surface area (TPSA) is 202 Å². The summed E-state index contributed by atoms with van der Waals surface area (Å²) in [6, 6.07) is 0. The molecule has 0 aromatic carbocycles. The molecule has 0 aromatic rings. The van der Waals surface area contributed by atoms with E-state index in [-0.39, 0.29) is 6.29 Å². The van der Waals surface area contributed by atoms with Gasteiger partial charge in [0.1, 0.15) is 24.4 Å². The second kappa shape index (κ2) is 9.26. The second-order valence-electron chi connectivity index (χ2n) is 2.86. The van der Waals surface area contributed by atoms with Gasteiger partial charge in [-0.05, 0) is 0 Å². The van der Waals surface area contributed by atoms with Crippen LogP contribution in [0, 0.1) is 0 Å². The van der Waals surface area contributed by atoms with Crippen LogP contribution in [-0.4, -0.2) is 81.1 Å². The zero-order valence-electron chi connectivity index (χ0n) is 8.77. The van der Waals surface area contributed by atoms with Gasteiger partial charge in [-0.3, -0.25) is 4.55 Å². The third-order valence-corrected chi connectivity index (χ3v) is 1.70. The minimum Gasteiger partial charge on any atom is -0.394 e. The Morgan fingerprint density at radius 2 is 1.50 bits per heavy atom.